The quantitative estimate of drug-likeness (QED) is 0.519. The van der Waals surface area contributed by atoms with E-state index in [2.05, 4.69) is 5.32 Å². The molecular weight excluding hydrogens is 444 g/mol. The maximum atomic E-state index is 13.4. The molecule has 0 saturated carbocycles. The largest absolute Gasteiger partial charge is 0.341 e. The van der Waals surface area contributed by atoms with Crippen LogP contribution >= 0.6 is 0 Å². The Morgan fingerprint density at radius 1 is 0.824 bits per heavy atom. The van der Waals surface area contributed by atoms with E-state index in [1.54, 1.807) is 23.4 Å². The van der Waals surface area contributed by atoms with Crippen molar-refractivity contribution in [2.45, 2.75) is 50.5 Å². The van der Waals surface area contributed by atoms with Gasteiger partial charge in [0.25, 0.3) is 5.91 Å². The second-order valence-electron chi connectivity index (χ2n) is 9.03. The van der Waals surface area contributed by atoms with Gasteiger partial charge in [-0.05, 0) is 55.5 Å². The minimum atomic E-state index is -3.66. The highest BCUT2D eigenvalue weighted by molar-refractivity contribution is 7.89. The van der Waals surface area contributed by atoms with Gasteiger partial charge in [-0.1, -0.05) is 79.1 Å². The van der Waals surface area contributed by atoms with Crippen LogP contribution in [0.1, 0.15) is 64.3 Å². The molecule has 0 bridgehead atoms. The van der Waals surface area contributed by atoms with Crippen molar-refractivity contribution < 1.29 is 13.2 Å². The number of sulfonamides is 1. The minimum Gasteiger partial charge on any atom is -0.341 e. The average Bonchev–Trinajstić information content (AvgIpc) is 3.14. The van der Waals surface area contributed by atoms with E-state index in [9.17, 15) is 13.2 Å². The number of rotatable bonds is 6. The van der Waals surface area contributed by atoms with E-state index < -0.39 is 10.0 Å². The van der Waals surface area contributed by atoms with E-state index in [1.807, 2.05) is 61.5 Å². The van der Waals surface area contributed by atoms with Gasteiger partial charge in [-0.3, -0.25) is 4.79 Å². The second kappa shape index (κ2) is 10.5. The molecular formula is C28H32N2O3S. The van der Waals surface area contributed by atoms with Crippen molar-refractivity contribution in [2.24, 2.45) is 0 Å². The number of carbonyl (C=O) groups excluding carboxylic acids is 1. The molecule has 1 atom stereocenters. The lowest BCUT2D eigenvalue weighted by molar-refractivity contribution is 0.0942. The van der Waals surface area contributed by atoms with Gasteiger partial charge in [0, 0.05) is 18.7 Å². The first kappa shape index (κ1) is 24.2. The Labute approximate surface area is 202 Å². The summed E-state index contributed by atoms with van der Waals surface area (Å²) in [5.74, 6) is -0.304. The Morgan fingerprint density at radius 2 is 1.44 bits per heavy atom. The number of carbonyl (C=O) groups is 1. The molecule has 1 fully saturated rings. The molecule has 3 aromatic carbocycles. The average molecular weight is 477 g/mol. The maximum Gasteiger partial charge on any atom is 0.252 e. The monoisotopic (exact) mass is 476 g/mol. The molecule has 5 nitrogen and oxygen atoms in total. The summed E-state index contributed by atoms with van der Waals surface area (Å²) in [4.78, 5) is 13.6. The molecule has 0 unspecified atom stereocenters. The van der Waals surface area contributed by atoms with Gasteiger partial charge < -0.3 is 5.32 Å². The van der Waals surface area contributed by atoms with Gasteiger partial charge in [0.2, 0.25) is 10.0 Å². The number of hydrogen-bond acceptors (Lipinski definition) is 3. The van der Waals surface area contributed by atoms with Crippen molar-refractivity contribution in [2.75, 3.05) is 13.1 Å². The first-order valence-corrected chi connectivity index (χ1v) is 13.3. The Hall–Kier alpha value is -2.96. The molecule has 4 rings (SSSR count). The number of nitrogens with one attached hydrogen (secondary N) is 1. The number of nitrogens with zero attached hydrogens (tertiary/aromatic N) is 1. The van der Waals surface area contributed by atoms with Crippen LogP contribution in [0.5, 0.6) is 0 Å². The third-order valence-corrected chi connectivity index (χ3v) is 8.49. The number of amides is 1. The lowest BCUT2D eigenvalue weighted by Crippen LogP contribution is -2.33. The highest BCUT2D eigenvalue weighted by Crippen LogP contribution is 2.26. The summed E-state index contributed by atoms with van der Waals surface area (Å²) in [6, 6.07) is 22.5. The molecule has 1 heterocycles. The lowest BCUT2D eigenvalue weighted by atomic mass is 9.97. The van der Waals surface area contributed by atoms with E-state index in [4.69, 9.17) is 0 Å². The molecule has 0 aromatic heterocycles. The van der Waals surface area contributed by atoms with Gasteiger partial charge in [0.1, 0.15) is 0 Å². The Bertz CT molecular complexity index is 1230. The fourth-order valence-electron chi connectivity index (χ4n) is 4.42. The summed E-state index contributed by atoms with van der Waals surface area (Å²) in [5.41, 5.74) is 4.06. The summed E-state index contributed by atoms with van der Waals surface area (Å²) in [6.07, 6.45) is 3.84. The van der Waals surface area contributed by atoms with Crippen molar-refractivity contribution in [3.05, 3.63) is 101 Å². The van der Waals surface area contributed by atoms with Crippen molar-refractivity contribution in [1.82, 2.24) is 9.62 Å². The molecule has 0 radical (unpaired) electrons. The highest BCUT2D eigenvalue weighted by Gasteiger charge is 2.28. The predicted octanol–water partition coefficient (Wildman–Crippen LogP) is 5.39. The fourth-order valence-corrected chi connectivity index (χ4v) is 6.19. The number of aryl methyl sites for hydroxylation is 2. The lowest BCUT2D eigenvalue weighted by Gasteiger charge is -2.22. The summed E-state index contributed by atoms with van der Waals surface area (Å²) < 4.78 is 28.4. The molecule has 1 saturated heterocycles. The summed E-state index contributed by atoms with van der Waals surface area (Å²) in [6.45, 7) is 4.87. The van der Waals surface area contributed by atoms with E-state index in [-0.39, 0.29) is 16.8 Å². The molecule has 1 aliphatic heterocycles. The predicted molar refractivity (Wildman–Crippen MR) is 135 cm³/mol. The van der Waals surface area contributed by atoms with E-state index in [0.29, 0.717) is 24.2 Å². The van der Waals surface area contributed by atoms with Gasteiger partial charge in [-0.25, -0.2) is 8.42 Å². The van der Waals surface area contributed by atoms with Crippen LogP contribution in [0.15, 0.2) is 77.7 Å². The minimum absolute atomic E-state index is 0.216. The van der Waals surface area contributed by atoms with Gasteiger partial charge >= 0.3 is 0 Å². The number of hydrogen-bond donors (Lipinski definition) is 1. The first-order valence-electron chi connectivity index (χ1n) is 11.9. The van der Waals surface area contributed by atoms with Crippen LogP contribution in [-0.2, 0) is 10.0 Å². The van der Waals surface area contributed by atoms with Crippen molar-refractivity contribution in [3.63, 3.8) is 0 Å². The zero-order chi connectivity index (χ0) is 24.1. The van der Waals surface area contributed by atoms with Gasteiger partial charge in [-0.15, -0.1) is 0 Å². The second-order valence-corrected chi connectivity index (χ2v) is 10.9. The van der Waals surface area contributed by atoms with Crippen LogP contribution in [0.25, 0.3) is 0 Å². The molecule has 3 aromatic rings. The molecule has 1 amide bonds. The summed E-state index contributed by atoms with van der Waals surface area (Å²) in [5, 5.41) is 3.13. The van der Waals surface area contributed by atoms with Crippen LogP contribution in [0, 0.1) is 13.8 Å². The van der Waals surface area contributed by atoms with Crippen LogP contribution in [0.2, 0.25) is 0 Å². The maximum absolute atomic E-state index is 13.4. The summed E-state index contributed by atoms with van der Waals surface area (Å²) in [7, 11) is -3.66. The molecule has 0 aliphatic carbocycles. The van der Waals surface area contributed by atoms with Crippen molar-refractivity contribution in [1.29, 1.82) is 0 Å². The fraction of sp³-hybridized carbons (Fsp3) is 0.321. The summed E-state index contributed by atoms with van der Waals surface area (Å²) >= 11 is 0. The zero-order valence-corrected chi connectivity index (χ0v) is 20.6. The van der Waals surface area contributed by atoms with Crippen LogP contribution < -0.4 is 5.32 Å². The Kier molecular flexibility index (Phi) is 7.49. The molecule has 34 heavy (non-hydrogen) atoms. The topological polar surface area (TPSA) is 66.5 Å². The van der Waals surface area contributed by atoms with Crippen LogP contribution in [0.4, 0.5) is 0 Å². The number of benzene rings is 3. The van der Waals surface area contributed by atoms with E-state index in [0.717, 1.165) is 42.4 Å². The Morgan fingerprint density at radius 3 is 2.09 bits per heavy atom. The van der Waals surface area contributed by atoms with E-state index in [1.165, 1.54) is 6.07 Å². The third kappa shape index (κ3) is 5.40. The van der Waals surface area contributed by atoms with Crippen LogP contribution in [0.3, 0.4) is 0 Å². The molecule has 178 valence electrons. The van der Waals surface area contributed by atoms with Crippen molar-refractivity contribution >= 4 is 15.9 Å². The standard InChI is InChI=1S/C28H32N2O3S/c1-21-12-15-24(16-13-21)27(23-10-6-5-7-11-23)29-28(31)25-17-14-22(2)26(20-25)34(32,33)30-18-8-3-4-9-19-30/h5-7,10-17,20,27H,3-4,8-9,18-19H2,1-2H3,(H,29,31)/t27-/m0/s1. The molecule has 6 heteroatoms. The first-order chi connectivity index (χ1) is 16.4. The molecule has 1 N–H and O–H groups in total. The van der Waals surface area contributed by atoms with Gasteiger partial charge in [0.05, 0.1) is 10.9 Å². The molecule has 0 spiro atoms. The SMILES string of the molecule is Cc1ccc([C@@H](NC(=O)c2ccc(C)c(S(=O)(=O)N3CCCCCC3)c2)c2ccccc2)cc1. The third-order valence-electron chi connectivity index (χ3n) is 6.45. The zero-order valence-electron chi connectivity index (χ0n) is 19.8. The van der Waals surface area contributed by atoms with E-state index >= 15 is 0 Å². The Balaban J connectivity index is 1.65. The van der Waals surface area contributed by atoms with Crippen LogP contribution in [-0.4, -0.2) is 31.7 Å². The normalized spacial score (nSPS) is 15.9. The smallest absolute Gasteiger partial charge is 0.252 e. The van der Waals surface area contributed by atoms with Gasteiger partial charge in [0.15, 0.2) is 0 Å². The van der Waals surface area contributed by atoms with Crippen molar-refractivity contribution in [3.8, 4) is 0 Å². The highest BCUT2D eigenvalue weighted by atomic mass is 32.2. The van der Waals surface area contributed by atoms with Gasteiger partial charge in [-0.2, -0.15) is 4.31 Å². The molecule has 1 aliphatic rings.